The summed E-state index contributed by atoms with van der Waals surface area (Å²) in [5.41, 5.74) is 9.96. The van der Waals surface area contributed by atoms with Gasteiger partial charge >= 0.3 is 0 Å². The number of aryl methyl sites for hydroxylation is 3. The summed E-state index contributed by atoms with van der Waals surface area (Å²) in [7, 11) is 7.71. The maximum atomic E-state index is 13.2. The molecule has 0 amide bonds. The molecule has 0 unspecified atom stereocenters. The Labute approximate surface area is 241 Å². The van der Waals surface area contributed by atoms with Gasteiger partial charge in [-0.25, -0.2) is 0 Å². The Balaban J connectivity index is 0.00000134. The number of aromatic nitrogens is 2. The second-order valence-corrected chi connectivity index (χ2v) is 9.46. The molecule has 3 aromatic rings. The zero-order valence-corrected chi connectivity index (χ0v) is 26.1. The van der Waals surface area contributed by atoms with Crippen molar-refractivity contribution in [1.29, 1.82) is 0 Å². The smallest absolute Gasteiger partial charge is 0.159 e. The zero-order chi connectivity index (χ0) is 30.0. The highest BCUT2D eigenvalue weighted by Gasteiger charge is 2.18. The Morgan fingerprint density at radius 1 is 1.05 bits per heavy atom. The molecule has 0 radical (unpaired) electrons. The maximum absolute atomic E-state index is 13.2. The lowest BCUT2D eigenvalue weighted by Gasteiger charge is -2.19. The van der Waals surface area contributed by atoms with Crippen LogP contribution in [0.2, 0.25) is 0 Å². The fraction of sp³-hybridized carbons (Fsp3) is 0.343. The molecule has 0 aliphatic heterocycles. The molecular formula is C35H46N4O. The fourth-order valence-corrected chi connectivity index (χ4v) is 4.67. The molecular weight excluding hydrogens is 492 g/mol. The molecule has 0 saturated carbocycles. The fourth-order valence-electron chi connectivity index (χ4n) is 4.67. The Hall–Kier alpha value is -3.99. The van der Waals surface area contributed by atoms with Gasteiger partial charge in [-0.05, 0) is 60.7 Å². The van der Waals surface area contributed by atoms with Crippen molar-refractivity contribution in [1.82, 2.24) is 14.7 Å². The van der Waals surface area contributed by atoms with E-state index in [1.165, 1.54) is 5.56 Å². The van der Waals surface area contributed by atoms with Gasteiger partial charge in [-0.15, -0.1) is 0 Å². The number of ketones is 1. The Morgan fingerprint density at radius 3 is 2.35 bits per heavy atom. The van der Waals surface area contributed by atoms with Gasteiger partial charge in [0.05, 0.1) is 16.9 Å². The number of carbonyl (C=O) groups is 1. The molecule has 212 valence electrons. The average molecular weight is 539 g/mol. The van der Waals surface area contributed by atoms with Crippen LogP contribution in [-0.4, -0.2) is 47.3 Å². The van der Waals surface area contributed by atoms with Gasteiger partial charge in [-0.3, -0.25) is 14.5 Å². The largest absolute Gasteiger partial charge is 0.378 e. The Bertz CT molecular complexity index is 1480. The van der Waals surface area contributed by atoms with Crippen LogP contribution in [0.15, 0.2) is 83.4 Å². The summed E-state index contributed by atoms with van der Waals surface area (Å²) in [5, 5.41) is 5.74. The first-order valence-electron chi connectivity index (χ1n) is 14.2. The molecule has 1 heterocycles. The zero-order valence-electron chi connectivity index (χ0n) is 26.1. The molecule has 0 atom stereocenters. The molecule has 2 aromatic carbocycles. The number of benzene rings is 2. The summed E-state index contributed by atoms with van der Waals surface area (Å²) in [6, 6.07) is 14.5. The third-order valence-corrected chi connectivity index (χ3v) is 6.89. The summed E-state index contributed by atoms with van der Waals surface area (Å²) < 4.78 is 1.88. The van der Waals surface area contributed by atoms with Gasteiger partial charge in [0.2, 0.25) is 0 Å². The van der Waals surface area contributed by atoms with Crippen LogP contribution < -0.4 is 0 Å². The Kier molecular flexibility index (Phi) is 12.1. The maximum Gasteiger partial charge on any atom is 0.159 e. The molecule has 0 spiro atoms. The highest BCUT2D eigenvalue weighted by molar-refractivity contribution is 6.20. The van der Waals surface area contributed by atoms with Crippen LogP contribution in [0.4, 0.5) is 0 Å². The highest BCUT2D eigenvalue weighted by atomic mass is 16.1. The third kappa shape index (κ3) is 7.15. The monoisotopic (exact) mass is 538 g/mol. The van der Waals surface area contributed by atoms with Gasteiger partial charge in [0.15, 0.2) is 5.78 Å². The van der Waals surface area contributed by atoms with Crippen molar-refractivity contribution in [2.45, 2.75) is 54.4 Å². The average Bonchev–Trinajstić information content (AvgIpc) is 3.31. The standard InChI is InChI=1S/C31H34N4O.2C2H6/c1-20-18-23(22(3)34(5)6)12-14-25(20)24-13-15-26(29(19-24)32-4)21(2)31(36)17-16-28-27-10-8-9-11-30(27)35(7)33-28;2*1-2/h8-15,18-19H,3,16-17H2,1-2,4-7H3;2*1-2H3/b26-21+,32-29?;;. The van der Waals surface area contributed by atoms with Gasteiger partial charge in [0.25, 0.3) is 0 Å². The minimum Gasteiger partial charge on any atom is -0.378 e. The third-order valence-electron chi connectivity index (χ3n) is 6.89. The van der Waals surface area contributed by atoms with Crippen LogP contribution in [0.5, 0.6) is 0 Å². The lowest BCUT2D eigenvalue weighted by atomic mass is 9.89. The van der Waals surface area contributed by atoms with Crippen molar-refractivity contribution >= 4 is 33.7 Å². The number of aliphatic imine (C=N–C) groups is 1. The summed E-state index contributed by atoms with van der Waals surface area (Å²) in [6.07, 6.45) is 7.19. The van der Waals surface area contributed by atoms with E-state index in [1.807, 2.05) is 83.6 Å². The lowest BCUT2D eigenvalue weighted by molar-refractivity contribution is -0.115. The van der Waals surface area contributed by atoms with Gasteiger partial charge in [0.1, 0.15) is 0 Å². The number of Topliss-reactive ketones (excluding diaryl/α,β-unsaturated/α-hetero) is 1. The molecule has 40 heavy (non-hydrogen) atoms. The van der Waals surface area contributed by atoms with Crippen LogP contribution in [-0.2, 0) is 18.3 Å². The van der Waals surface area contributed by atoms with Crippen LogP contribution in [0.1, 0.15) is 63.4 Å². The summed E-state index contributed by atoms with van der Waals surface area (Å²) in [5.74, 6) is 0.116. The summed E-state index contributed by atoms with van der Waals surface area (Å²) in [6.45, 7) is 16.2. The van der Waals surface area contributed by atoms with Crippen molar-refractivity contribution in [2.24, 2.45) is 12.0 Å². The lowest BCUT2D eigenvalue weighted by Crippen LogP contribution is -2.12. The quantitative estimate of drug-likeness (QED) is 0.286. The molecule has 0 N–H and O–H groups in total. The summed E-state index contributed by atoms with van der Waals surface area (Å²) >= 11 is 0. The van der Waals surface area contributed by atoms with Crippen LogP contribution in [0, 0.1) is 6.92 Å². The van der Waals surface area contributed by atoms with Crippen LogP contribution >= 0.6 is 0 Å². The molecule has 0 fully saturated rings. The van der Waals surface area contributed by atoms with E-state index in [0.717, 1.165) is 55.9 Å². The van der Waals surface area contributed by atoms with E-state index in [4.69, 9.17) is 0 Å². The number of hydrogen-bond donors (Lipinski definition) is 0. The first-order chi connectivity index (χ1) is 19.2. The first-order valence-corrected chi connectivity index (χ1v) is 14.2. The van der Waals surface area contributed by atoms with Crippen LogP contribution in [0.25, 0.3) is 22.2 Å². The molecule has 1 aliphatic rings. The number of fused-ring (bicyclic) bond motifs is 1. The first kappa shape index (κ1) is 32.2. The van der Waals surface area contributed by atoms with Crippen molar-refractivity contribution in [2.75, 3.05) is 21.1 Å². The topological polar surface area (TPSA) is 50.5 Å². The van der Waals surface area contributed by atoms with Gasteiger partial charge < -0.3 is 4.90 Å². The van der Waals surface area contributed by atoms with E-state index >= 15 is 0 Å². The number of hydrogen-bond acceptors (Lipinski definition) is 4. The number of carbonyl (C=O) groups excluding carboxylic acids is 1. The van der Waals surface area contributed by atoms with Gasteiger partial charge in [-0.2, -0.15) is 5.10 Å². The van der Waals surface area contributed by atoms with Crippen molar-refractivity contribution in [3.63, 3.8) is 0 Å². The van der Waals surface area contributed by atoms with E-state index in [0.29, 0.717) is 12.8 Å². The second kappa shape index (κ2) is 15.0. The number of allylic oxidation sites excluding steroid dienone is 6. The number of rotatable bonds is 7. The molecule has 4 rings (SSSR count). The van der Waals surface area contributed by atoms with E-state index in [2.05, 4.69) is 66.1 Å². The van der Waals surface area contributed by atoms with Gasteiger partial charge in [-0.1, -0.05) is 76.8 Å². The number of nitrogens with zero attached hydrogens (tertiary/aromatic N) is 4. The van der Waals surface area contributed by atoms with Crippen molar-refractivity contribution in [3.8, 4) is 0 Å². The minimum atomic E-state index is 0.116. The van der Waals surface area contributed by atoms with E-state index in [-0.39, 0.29) is 5.78 Å². The molecule has 5 nitrogen and oxygen atoms in total. The number of para-hydroxylation sites is 1. The SMILES string of the molecule is C=C(c1ccc(C2=CC(=NC)/C(=C(\C)C(=O)CCc3nn(C)c4ccccc34)C=C2)c(C)c1)N(C)C.CC.CC. The predicted molar refractivity (Wildman–Crippen MR) is 174 cm³/mol. The second-order valence-electron chi connectivity index (χ2n) is 9.46. The Morgan fingerprint density at radius 2 is 1.73 bits per heavy atom. The van der Waals surface area contributed by atoms with Crippen molar-refractivity contribution < 1.29 is 4.79 Å². The molecule has 1 aliphatic carbocycles. The van der Waals surface area contributed by atoms with E-state index in [9.17, 15) is 4.79 Å². The molecule has 0 bridgehead atoms. The minimum absolute atomic E-state index is 0.116. The molecule has 1 aromatic heterocycles. The van der Waals surface area contributed by atoms with E-state index < -0.39 is 0 Å². The van der Waals surface area contributed by atoms with Gasteiger partial charge in [0, 0.05) is 56.8 Å². The highest BCUT2D eigenvalue weighted by Crippen LogP contribution is 2.29. The van der Waals surface area contributed by atoms with E-state index in [1.54, 1.807) is 7.05 Å². The summed E-state index contributed by atoms with van der Waals surface area (Å²) in [4.78, 5) is 19.7. The normalized spacial score (nSPS) is 14.6. The predicted octanol–water partition coefficient (Wildman–Crippen LogP) is 8.01. The van der Waals surface area contributed by atoms with Crippen molar-refractivity contribution in [3.05, 3.63) is 101 Å². The molecule has 5 heteroatoms. The molecule has 0 saturated heterocycles. The van der Waals surface area contributed by atoms with Crippen LogP contribution in [0.3, 0.4) is 0 Å².